The van der Waals surface area contributed by atoms with Crippen LogP contribution in [0.25, 0.3) is 0 Å². The van der Waals surface area contributed by atoms with Gasteiger partial charge in [0.15, 0.2) is 11.6 Å². The molecule has 2 aromatic rings. The van der Waals surface area contributed by atoms with Crippen molar-refractivity contribution < 1.29 is 9.59 Å². The van der Waals surface area contributed by atoms with Crippen molar-refractivity contribution in [1.82, 2.24) is 0 Å². The van der Waals surface area contributed by atoms with Crippen LogP contribution in [0.1, 0.15) is 56.8 Å². The van der Waals surface area contributed by atoms with Crippen LogP contribution in [0.2, 0.25) is 0 Å². The van der Waals surface area contributed by atoms with Crippen molar-refractivity contribution in [3.05, 3.63) is 69.8 Å². The van der Waals surface area contributed by atoms with Gasteiger partial charge in [0.05, 0.1) is 0 Å². The molecule has 2 rings (SSSR count). The number of benzene rings is 2. The maximum atomic E-state index is 11.6. The molecular formula is C19H20O2. The number of Topliss-reactive ketones (excluding diaryl/α,β-unsaturated/α-hetero) is 2. The molecule has 0 radical (unpaired) electrons. The number of carbonyl (C=O) groups excluding carboxylic acids is 2. The zero-order valence-corrected chi connectivity index (χ0v) is 13.0. The van der Waals surface area contributed by atoms with Crippen molar-refractivity contribution in [2.24, 2.45) is 0 Å². The standard InChI is InChI=1S/C19H20O2/c1-12-5-7-16(10-18(12)14(3)20)9-17-8-6-13(2)19(11-17)15(4)21/h5-8,10-11H,9H2,1-4H3. The topological polar surface area (TPSA) is 34.1 Å². The van der Waals surface area contributed by atoms with Gasteiger partial charge in [-0.15, -0.1) is 0 Å². The van der Waals surface area contributed by atoms with Crippen LogP contribution >= 0.6 is 0 Å². The summed E-state index contributed by atoms with van der Waals surface area (Å²) in [7, 11) is 0. The van der Waals surface area contributed by atoms with Gasteiger partial charge in [0.1, 0.15) is 0 Å². The van der Waals surface area contributed by atoms with Gasteiger partial charge in [0.25, 0.3) is 0 Å². The van der Waals surface area contributed by atoms with E-state index >= 15 is 0 Å². The highest BCUT2D eigenvalue weighted by Gasteiger charge is 2.08. The molecule has 0 heterocycles. The van der Waals surface area contributed by atoms with Crippen LogP contribution in [0.5, 0.6) is 0 Å². The number of hydrogen-bond donors (Lipinski definition) is 0. The first kappa shape index (κ1) is 15.2. The zero-order chi connectivity index (χ0) is 15.6. The van der Waals surface area contributed by atoms with Gasteiger partial charge in [-0.3, -0.25) is 9.59 Å². The summed E-state index contributed by atoms with van der Waals surface area (Å²) in [4.78, 5) is 23.2. The lowest BCUT2D eigenvalue weighted by molar-refractivity contribution is 0.100. The first-order valence-electron chi connectivity index (χ1n) is 7.09. The van der Waals surface area contributed by atoms with Gasteiger partial charge < -0.3 is 0 Å². The van der Waals surface area contributed by atoms with Crippen molar-refractivity contribution in [3.63, 3.8) is 0 Å². The SMILES string of the molecule is CC(=O)c1cc(Cc2ccc(C)c(C(C)=O)c2)ccc1C. The molecule has 108 valence electrons. The molecule has 0 aliphatic heterocycles. The third-order valence-electron chi connectivity index (χ3n) is 3.77. The Hall–Kier alpha value is -2.22. The van der Waals surface area contributed by atoms with Crippen molar-refractivity contribution in [2.75, 3.05) is 0 Å². The Balaban J connectivity index is 2.34. The van der Waals surface area contributed by atoms with Crippen LogP contribution < -0.4 is 0 Å². The van der Waals surface area contributed by atoms with Crippen molar-refractivity contribution in [1.29, 1.82) is 0 Å². The van der Waals surface area contributed by atoms with Gasteiger partial charge in [-0.1, -0.05) is 24.3 Å². The lowest BCUT2D eigenvalue weighted by Gasteiger charge is -2.09. The highest BCUT2D eigenvalue weighted by Crippen LogP contribution is 2.18. The number of carbonyl (C=O) groups is 2. The Morgan fingerprint density at radius 1 is 0.762 bits per heavy atom. The van der Waals surface area contributed by atoms with Gasteiger partial charge >= 0.3 is 0 Å². The summed E-state index contributed by atoms with van der Waals surface area (Å²) >= 11 is 0. The minimum Gasteiger partial charge on any atom is -0.295 e. The molecule has 0 amide bonds. The highest BCUT2D eigenvalue weighted by atomic mass is 16.1. The van der Waals surface area contributed by atoms with E-state index in [0.29, 0.717) is 0 Å². The summed E-state index contributed by atoms with van der Waals surface area (Å²) in [5, 5.41) is 0. The summed E-state index contributed by atoms with van der Waals surface area (Å²) in [6, 6.07) is 11.9. The second-order valence-electron chi connectivity index (χ2n) is 5.59. The number of aryl methyl sites for hydroxylation is 2. The predicted octanol–water partition coefficient (Wildman–Crippen LogP) is 4.30. The van der Waals surface area contributed by atoms with E-state index in [9.17, 15) is 9.59 Å². The highest BCUT2D eigenvalue weighted by molar-refractivity contribution is 5.96. The molecular weight excluding hydrogens is 260 g/mol. The normalized spacial score (nSPS) is 10.5. The van der Waals surface area contributed by atoms with Gasteiger partial charge in [0.2, 0.25) is 0 Å². The molecule has 2 heteroatoms. The van der Waals surface area contributed by atoms with Crippen LogP contribution in [-0.4, -0.2) is 11.6 Å². The summed E-state index contributed by atoms with van der Waals surface area (Å²) in [6.45, 7) is 7.07. The van der Waals surface area contributed by atoms with Crippen molar-refractivity contribution in [2.45, 2.75) is 34.1 Å². The summed E-state index contributed by atoms with van der Waals surface area (Å²) < 4.78 is 0. The van der Waals surface area contributed by atoms with E-state index in [-0.39, 0.29) is 11.6 Å². The number of hydrogen-bond acceptors (Lipinski definition) is 2. The average molecular weight is 280 g/mol. The molecule has 0 unspecified atom stereocenters. The minimum atomic E-state index is 0.0858. The Kier molecular flexibility index (Phi) is 4.37. The second-order valence-corrected chi connectivity index (χ2v) is 5.59. The molecule has 21 heavy (non-hydrogen) atoms. The second kappa shape index (κ2) is 6.04. The first-order chi connectivity index (χ1) is 9.88. The molecule has 0 fully saturated rings. The van der Waals surface area contributed by atoms with E-state index in [1.807, 2.05) is 50.2 Å². The maximum absolute atomic E-state index is 11.6. The monoisotopic (exact) mass is 280 g/mol. The summed E-state index contributed by atoms with van der Waals surface area (Å²) in [6.07, 6.45) is 0.723. The molecule has 0 spiro atoms. The van der Waals surface area contributed by atoms with Crippen LogP contribution in [0, 0.1) is 13.8 Å². The minimum absolute atomic E-state index is 0.0858. The van der Waals surface area contributed by atoms with Gasteiger partial charge in [-0.25, -0.2) is 0 Å². The van der Waals surface area contributed by atoms with E-state index in [1.54, 1.807) is 13.8 Å². The third-order valence-corrected chi connectivity index (χ3v) is 3.77. The molecule has 0 saturated heterocycles. The van der Waals surface area contributed by atoms with Crippen LogP contribution in [0.15, 0.2) is 36.4 Å². The van der Waals surface area contributed by atoms with E-state index in [4.69, 9.17) is 0 Å². The Bertz CT molecular complexity index is 650. The fraction of sp³-hybridized carbons (Fsp3) is 0.263. The molecule has 0 aliphatic carbocycles. The van der Waals surface area contributed by atoms with E-state index in [1.165, 1.54) is 0 Å². The van der Waals surface area contributed by atoms with E-state index in [2.05, 4.69) is 0 Å². The van der Waals surface area contributed by atoms with Crippen LogP contribution in [0.4, 0.5) is 0 Å². The summed E-state index contributed by atoms with van der Waals surface area (Å²) in [5.74, 6) is 0.172. The van der Waals surface area contributed by atoms with E-state index < -0.39 is 0 Å². The number of rotatable bonds is 4. The van der Waals surface area contributed by atoms with Gasteiger partial charge in [0, 0.05) is 11.1 Å². The maximum Gasteiger partial charge on any atom is 0.160 e. The molecule has 0 aliphatic rings. The van der Waals surface area contributed by atoms with Gasteiger partial charge in [-0.05, 0) is 68.5 Å². The van der Waals surface area contributed by atoms with E-state index in [0.717, 1.165) is 39.8 Å². The fourth-order valence-corrected chi connectivity index (χ4v) is 2.55. The average Bonchev–Trinajstić information content (AvgIpc) is 2.42. The third kappa shape index (κ3) is 3.46. The lowest BCUT2D eigenvalue weighted by Crippen LogP contribution is -2.01. The van der Waals surface area contributed by atoms with Crippen molar-refractivity contribution >= 4 is 11.6 Å². The quantitative estimate of drug-likeness (QED) is 0.782. The number of ketones is 2. The molecule has 0 atom stereocenters. The smallest absolute Gasteiger partial charge is 0.160 e. The predicted molar refractivity (Wildman–Crippen MR) is 85.2 cm³/mol. The zero-order valence-electron chi connectivity index (χ0n) is 13.0. The molecule has 2 aromatic carbocycles. The van der Waals surface area contributed by atoms with Gasteiger partial charge in [-0.2, -0.15) is 0 Å². The lowest BCUT2D eigenvalue weighted by atomic mass is 9.95. The molecule has 0 aromatic heterocycles. The molecule has 2 nitrogen and oxygen atoms in total. The fourth-order valence-electron chi connectivity index (χ4n) is 2.55. The molecule has 0 saturated carbocycles. The summed E-state index contributed by atoms with van der Waals surface area (Å²) in [5.41, 5.74) is 5.71. The van der Waals surface area contributed by atoms with Crippen LogP contribution in [0.3, 0.4) is 0 Å². The Morgan fingerprint density at radius 2 is 1.14 bits per heavy atom. The Labute approximate surface area is 125 Å². The molecule has 0 bridgehead atoms. The largest absolute Gasteiger partial charge is 0.295 e. The first-order valence-corrected chi connectivity index (χ1v) is 7.09. The molecule has 0 N–H and O–H groups in total. The van der Waals surface area contributed by atoms with Crippen LogP contribution in [-0.2, 0) is 6.42 Å². The Morgan fingerprint density at radius 3 is 1.48 bits per heavy atom. The van der Waals surface area contributed by atoms with Crippen molar-refractivity contribution in [3.8, 4) is 0 Å².